The van der Waals surface area contributed by atoms with Gasteiger partial charge in [0.15, 0.2) is 9.84 Å². The minimum absolute atomic E-state index is 0.0375. The molecule has 108 valence electrons. The average molecular weight is 284 g/mol. The molecule has 19 heavy (non-hydrogen) atoms. The van der Waals surface area contributed by atoms with Gasteiger partial charge in [-0.1, -0.05) is 45.0 Å². The standard InChI is InChI=1S/C15H24O3S/c1-14(2,3)12-9-7-11(8-10-12)13(16)15(4,5)19(6,17)18/h7-10,13,16H,1-6H3. The van der Waals surface area contributed by atoms with Crippen molar-refractivity contribution >= 4 is 9.84 Å². The second kappa shape index (κ2) is 4.91. The Morgan fingerprint density at radius 3 is 1.74 bits per heavy atom. The molecule has 0 saturated heterocycles. The molecule has 4 heteroatoms. The van der Waals surface area contributed by atoms with Crippen molar-refractivity contribution in [3.05, 3.63) is 35.4 Å². The van der Waals surface area contributed by atoms with Crippen LogP contribution in [0.5, 0.6) is 0 Å². The number of sulfone groups is 1. The van der Waals surface area contributed by atoms with E-state index in [-0.39, 0.29) is 5.41 Å². The highest BCUT2D eigenvalue weighted by Gasteiger charge is 2.38. The Morgan fingerprint density at radius 1 is 1.00 bits per heavy atom. The van der Waals surface area contributed by atoms with E-state index in [1.54, 1.807) is 26.0 Å². The summed E-state index contributed by atoms with van der Waals surface area (Å²) < 4.78 is 22.3. The van der Waals surface area contributed by atoms with Crippen LogP contribution in [-0.2, 0) is 15.3 Å². The Labute approximate surface area is 116 Å². The summed E-state index contributed by atoms with van der Waals surface area (Å²) in [5.74, 6) is 0. The van der Waals surface area contributed by atoms with Crippen molar-refractivity contribution in [3.8, 4) is 0 Å². The zero-order valence-corrected chi connectivity index (χ0v) is 13.4. The highest BCUT2D eigenvalue weighted by molar-refractivity contribution is 7.92. The lowest BCUT2D eigenvalue weighted by atomic mass is 9.86. The SMILES string of the molecule is CC(C)(C)c1ccc(C(O)C(C)(C)S(C)(=O)=O)cc1. The number of aliphatic hydroxyl groups excluding tert-OH is 1. The minimum atomic E-state index is -3.34. The first-order valence-corrected chi connectivity index (χ1v) is 8.24. The van der Waals surface area contributed by atoms with Gasteiger partial charge in [0.1, 0.15) is 0 Å². The van der Waals surface area contributed by atoms with E-state index in [2.05, 4.69) is 20.8 Å². The van der Waals surface area contributed by atoms with Gasteiger partial charge in [0.25, 0.3) is 0 Å². The molecule has 1 aromatic rings. The monoisotopic (exact) mass is 284 g/mol. The number of rotatable bonds is 3. The van der Waals surface area contributed by atoms with Crippen LogP contribution in [0.15, 0.2) is 24.3 Å². The van der Waals surface area contributed by atoms with Crippen LogP contribution in [0, 0.1) is 0 Å². The van der Waals surface area contributed by atoms with Crippen LogP contribution in [0.2, 0.25) is 0 Å². The molecule has 0 aliphatic rings. The molecule has 1 unspecified atom stereocenters. The van der Waals surface area contributed by atoms with E-state index in [0.717, 1.165) is 11.8 Å². The van der Waals surface area contributed by atoms with Gasteiger partial charge >= 0.3 is 0 Å². The summed E-state index contributed by atoms with van der Waals surface area (Å²) in [5.41, 5.74) is 1.82. The molecular formula is C15H24O3S. The van der Waals surface area contributed by atoms with Crippen LogP contribution in [0.25, 0.3) is 0 Å². The van der Waals surface area contributed by atoms with Gasteiger partial charge < -0.3 is 5.11 Å². The van der Waals surface area contributed by atoms with E-state index in [4.69, 9.17) is 0 Å². The maximum atomic E-state index is 11.7. The Kier molecular flexibility index (Phi) is 4.18. The quantitative estimate of drug-likeness (QED) is 0.928. The fourth-order valence-corrected chi connectivity index (χ4v) is 2.31. The molecule has 1 rings (SSSR count). The second-order valence-corrected chi connectivity index (χ2v) is 9.25. The van der Waals surface area contributed by atoms with Crippen molar-refractivity contribution in [2.24, 2.45) is 0 Å². The Bertz CT molecular complexity index is 534. The lowest BCUT2D eigenvalue weighted by molar-refractivity contribution is 0.139. The van der Waals surface area contributed by atoms with E-state index in [1.165, 1.54) is 0 Å². The van der Waals surface area contributed by atoms with Gasteiger partial charge in [-0.3, -0.25) is 0 Å². The van der Waals surface area contributed by atoms with Crippen molar-refractivity contribution in [2.45, 2.75) is 50.9 Å². The van der Waals surface area contributed by atoms with Crippen LogP contribution in [0.4, 0.5) is 0 Å². The van der Waals surface area contributed by atoms with Gasteiger partial charge in [0, 0.05) is 6.26 Å². The molecule has 3 nitrogen and oxygen atoms in total. The van der Waals surface area contributed by atoms with Crippen molar-refractivity contribution in [2.75, 3.05) is 6.26 Å². The fourth-order valence-electron chi connectivity index (χ4n) is 1.77. The van der Waals surface area contributed by atoms with Crippen LogP contribution in [0.3, 0.4) is 0 Å². The van der Waals surface area contributed by atoms with Gasteiger partial charge in [-0.25, -0.2) is 8.42 Å². The van der Waals surface area contributed by atoms with Crippen molar-refractivity contribution in [1.82, 2.24) is 0 Å². The highest BCUT2D eigenvalue weighted by Crippen LogP contribution is 2.33. The zero-order chi connectivity index (χ0) is 15.1. The summed E-state index contributed by atoms with van der Waals surface area (Å²) in [6.45, 7) is 9.42. The highest BCUT2D eigenvalue weighted by atomic mass is 32.2. The average Bonchev–Trinajstić information content (AvgIpc) is 2.25. The van der Waals surface area contributed by atoms with E-state index in [0.29, 0.717) is 5.56 Å². The number of aliphatic hydroxyl groups is 1. The molecule has 1 aromatic carbocycles. The first-order chi connectivity index (χ1) is 8.37. The third-order valence-electron chi connectivity index (χ3n) is 3.71. The van der Waals surface area contributed by atoms with Crippen molar-refractivity contribution < 1.29 is 13.5 Å². The van der Waals surface area contributed by atoms with Crippen LogP contribution in [0.1, 0.15) is 51.8 Å². The minimum Gasteiger partial charge on any atom is -0.387 e. The second-order valence-electron chi connectivity index (χ2n) is 6.65. The van der Waals surface area contributed by atoms with Crippen molar-refractivity contribution in [3.63, 3.8) is 0 Å². The lowest BCUT2D eigenvalue weighted by Crippen LogP contribution is -2.37. The van der Waals surface area contributed by atoms with Gasteiger partial charge in [-0.15, -0.1) is 0 Å². The molecule has 0 aliphatic heterocycles. The van der Waals surface area contributed by atoms with E-state index in [9.17, 15) is 13.5 Å². The summed E-state index contributed by atoms with van der Waals surface area (Å²) in [7, 11) is -3.34. The Hall–Kier alpha value is -0.870. The number of benzene rings is 1. The molecule has 1 atom stereocenters. The van der Waals surface area contributed by atoms with Crippen molar-refractivity contribution in [1.29, 1.82) is 0 Å². The fraction of sp³-hybridized carbons (Fsp3) is 0.600. The molecular weight excluding hydrogens is 260 g/mol. The summed E-state index contributed by atoms with van der Waals surface area (Å²) in [6.07, 6.45) is 0.122. The molecule has 0 radical (unpaired) electrons. The summed E-state index contributed by atoms with van der Waals surface area (Å²) in [5, 5.41) is 10.3. The summed E-state index contributed by atoms with van der Waals surface area (Å²) in [6, 6.07) is 7.49. The molecule has 0 heterocycles. The first kappa shape index (κ1) is 16.2. The summed E-state index contributed by atoms with van der Waals surface area (Å²) >= 11 is 0. The first-order valence-electron chi connectivity index (χ1n) is 6.35. The molecule has 0 amide bonds. The maximum absolute atomic E-state index is 11.7. The third-order valence-corrected chi connectivity index (χ3v) is 5.84. The van der Waals surface area contributed by atoms with E-state index < -0.39 is 20.7 Å². The maximum Gasteiger partial charge on any atom is 0.155 e. The topological polar surface area (TPSA) is 54.4 Å². The van der Waals surface area contributed by atoms with E-state index >= 15 is 0 Å². The number of hydrogen-bond donors (Lipinski definition) is 1. The third kappa shape index (κ3) is 3.37. The van der Waals surface area contributed by atoms with Gasteiger partial charge in [-0.05, 0) is 30.4 Å². The predicted octanol–water partition coefficient (Wildman–Crippen LogP) is 2.84. The molecule has 1 N–H and O–H groups in total. The predicted molar refractivity (Wildman–Crippen MR) is 79.0 cm³/mol. The van der Waals surface area contributed by atoms with Gasteiger partial charge in [0.05, 0.1) is 10.9 Å². The normalized spacial score (nSPS) is 15.3. The summed E-state index contributed by atoms with van der Waals surface area (Å²) in [4.78, 5) is 0. The smallest absolute Gasteiger partial charge is 0.155 e. The molecule has 0 bridgehead atoms. The molecule has 0 saturated carbocycles. The van der Waals surface area contributed by atoms with Crippen LogP contribution in [-0.4, -0.2) is 24.5 Å². The van der Waals surface area contributed by atoms with E-state index in [1.807, 2.05) is 12.1 Å². The van der Waals surface area contributed by atoms with Crippen LogP contribution < -0.4 is 0 Å². The lowest BCUT2D eigenvalue weighted by Gasteiger charge is -2.29. The van der Waals surface area contributed by atoms with Gasteiger partial charge in [0.2, 0.25) is 0 Å². The zero-order valence-electron chi connectivity index (χ0n) is 12.6. The Balaban J connectivity index is 3.13. The molecule has 0 aliphatic carbocycles. The molecule has 0 aromatic heterocycles. The van der Waals surface area contributed by atoms with Crippen LogP contribution >= 0.6 is 0 Å². The largest absolute Gasteiger partial charge is 0.387 e. The molecule has 0 fully saturated rings. The molecule has 0 spiro atoms. The van der Waals surface area contributed by atoms with Gasteiger partial charge in [-0.2, -0.15) is 0 Å². The Morgan fingerprint density at radius 2 is 1.42 bits per heavy atom. The number of hydrogen-bond acceptors (Lipinski definition) is 3.